The number of para-hydroxylation sites is 1. The van der Waals surface area contributed by atoms with Gasteiger partial charge in [-0.1, -0.05) is 40.2 Å². The first-order valence-electron chi connectivity index (χ1n) is 5.51. The minimum absolute atomic E-state index is 0.457. The number of nitrogen functional groups attached to an aromatic ring is 1. The largest absolute Gasteiger partial charge is 0.494 e. The van der Waals surface area contributed by atoms with Gasteiger partial charge >= 0.3 is 0 Å². The zero-order valence-electron chi connectivity index (χ0n) is 10.0. The first kappa shape index (κ1) is 12.8. The number of hydrogen-bond donors (Lipinski definition) is 1. The van der Waals surface area contributed by atoms with Crippen LogP contribution in [0.1, 0.15) is 5.56 Å². The Kier molecular flexibility index (Phi) is 4.10. The van der Waals surface area contributed by atoms with Crippen LogP contribution >= 0.6 is 15.9 Å². The number of methoxy groups -OCH3 is 1. The molecule has 0 aliphatic rings. The molecule has 0 unspecified atom stereocenters. The molecule has 2 aromatic rings. The molecular formula is C14H14BrNO2. The Morgan fingerprint density at radius 3 is 2.50 bits per heavy atom. The number of rotatable bonds is 4. The van der Waals surface area contributed by atoms with Crippen LogP contribution in [-0.2, 0) is 6.61 Å². The van der Waals surface area contributed by atoms with Crippen LogP contribution in [0.25, 0.3) is 0 Å². The Bertz CT molecular complexity index is 543. The van der Waals surface area contributed by atoms with Crippen molar-refractivity contribution >= 4 is 21.6 Å². The standard InChI is InChI=1S/C14H14BrNO2/c1-17-12-7-4-8-13(14(12)16)18-9-10-5-2-3-6-11(10)15/h2-8H,9,16H2,1H3. The Hall–Kier alpha value is -1.68. The molecule has 0 bridgehead atoms. The van der Waals surface area contributed by atoms with Gasteiger partial charge in [0.25, 0.3) is 0 Å². The summed E-state index contributed by atoms with van der Waals surface area (Å²) in [5.74, 6) is 1.25. The quantitative estimate of drug-likeness (QED) is 0.877. The normalized spacial score (nSPS) is 10.1. The second-order valence-electron chi connectivity index (χ2n) is 3.75. The highest BCUT2D eigenvalue weighted by Crippen LogP contribution is 2.31. The van der Waals surface area contributed by atoms with Crippen molar-refractivity contribution in [3.05, 3.63) is 52.5 Å². The van der Waals surface area contributed by atoms with Crippen molar-refractivity contribution in [2.24, 2.45) is 0 Å². The lowest BCUT2D eigenvalue weighted by Gasteiger charge is -2.12. The topological polar surface area (TPSA) is 44.5 Å². The molecule has 0 spiro atoms. The monoisotopic (exact) mass is 307 g/mol. The summed E-state index contributed by atoms with van der Waals surface area (Å²) in [4.78, 5) is 0. The number of hydrogen-bond acceptors (Lipinski definition) is 3. The van der Waals surface area contributed by atoms with Gasteiger partial charge in [0.15, 0.2) is 0 Å². The molecule has 0 atom stereocenters. The number of anilines is 1. The second kappa shape index (κ2) is 5.78. The van der Waals surface area contributed by atoms with Gasteiger partial charge in [-0.15, -0.1) is 0 Å². The van der Waals surface area contributed by atoms with E-state index in [0.29, 0.717) is 23.8 Å². The summed E-state index contributed by atoms with van der Waals surface area (Å²) in [5, 5.41) is 0. The van der Waals surface area contributed by atoms with Crippen molar-refractivity contribution in [1.82, 2.24) is 0 Å². The van der Waals surface area contributed by atoms with Gasteiger partial charge in [-0.3, -0.25) is 0 Å². The summed E-state index contributed by atoms with van der Waals surface area (Å²) in [7, 11) is 1.59. The van der Waals surface area contributed by atoms with Crippen LogP contribution in [0.2, 0.25) is 0 Å². The number of nitrogens with two attached hydrogens (primary N) is 1. The van der Waals surface area contributed by atoms with Crippen molar-refractivity contribution in [2.45, 2.75) is 6.61 Å². The van der Waals surface area contributed by atoms with Crippen LogP contribution in [0, 0.1) is 0 Å². The molecule has 0 radical (unpaired) electrons. The van der Waals surface area contributed by atoms with E-state index in [0.717, 1.165) is 10.0 Å². The molecule has 3 nitrogen and oxygen atoms in total. The molecule has 0 aliphatic heterocycles. The third-order valence-electron chi connectivity index (χ3n) is 2.59. The number of ether oxygens (including phenoxy) is 2. The molecule has 94 valence electrons. The third-order valence-corrected chi connectivity index (χ3v) is 3.36. The van der Waals surface area contributed by atoms with Gasteiger partial charge in [-0.05, 0) is 18.2 Å². The fraction of sp³-hybridized carbons (Fsp3) is 0.143. The SMILES string of the molecule is COc1cccc(OCc2ccccc2Br)c1N. The van der Waals surface area contributed by atoms with Gasteiger partial charge in [-0.25, -0.2) is 0 Å². The summed E-state index contributed by atoms with van der Waals surface area (Å²) in [6.07, 6.45) is 0. The van der Waals surface area contributed by atoms with E-state index in [1.165, 1.54) is 0 Å². The van der Waals surface area contributed by atoms with Gasteiger partial charge < -0.3 is 15.2 Å². The molecule has 2 N–H and O–H groups in total. The molecule has 0 aromatic heterocycles. The van der Waals surface area contributed by atoms with Gasteiger partial charge in [-0.2, -0.15) is 0 Å². The van der Waals surface area contributed by atoms with Crippen LogP contribution in [0.5, 0.6) is 11.5 Å². The van der Waals surface area contributed by atoms with Gasteiger partial charge in [0.05, 0.1) is 7.11 Å². The Balaban J connectivity index is 2.14. The maximum Gasteiger partial charge on any atom is 0.146 e. The molecule has 0 aliphatic carbocycles. The minimum atomic E-state index is 0.457. The van der Waals surface area contributed by atoms with E-state index in [9.17, 15) is 0 Å². The average molecular weight is 308 g/mol. The van der Waals surface area contributed by atoms with E-state index in [1.807, 2.05) is 36.4 Å². The summed E-state index contributed by atoms with van der Waals surface area (Å²) < 4.78 is 11.9. The van der Waals surface area contributed by atoms with Crippen molar-refractivity contribution in [2.75, 3.05) is 12.8 Å². The van der Waals surface area contributed by atoms with Crippen LogP contribution in [0.4, 0.5) is 5.69 Å². The molecule has 0 saturated carbocycles. The Morgan fingerprint density at radius 1 is 1.06 bits per heavy atom. The highest BCUT2D eigenvalue weighted by molar-refractivity contribution is 9.10. The minimum Gasteiger partial charge on any atom is -0.494 e. The van der Waals surface area contributed by atoms with Crippen LogP contribution < -0.4 is 15.2 Å². The molecule has 18 heavy (non-hydrogen) atoms. The van der Waals surface area contributed by atoms with Gasteiger partial charge in [0, 0.05) is 10.0 Å². The van der Waals surface area contributed by atoms with E-state index in [4.69, 9.17) is 15.2 Å². The summed E-state index contributed by atoms with van der Waals surface area (Å²) in [6.45, 7) is 0.457. The van der Waals surface area contributed by atoms with E-state index in [-0.39, 0.29) is 0 Å². The van der Waals surface area contributed by atoms with Crippen molar-refractivity contribution in [1.29, 1.82) is 0 Å². The molecule has 0 amide bonds. The predicted molar refractivity (Wildman–Crippen MR) is 75.9 cm³/mol. The van der Waals surface area contributed by atoms with Crippen molar-refractivity contribution in [3.8, 4) is 11.5 Å². The van der Waals surface area contributed by atoms with Gasteiger partial charge in [0.2, 0.25) is 0 Å². The number of halogens is 1. The molecule has 0 saturated heterocycles. The van der Waals surface area contributed by atoms with Crippen LogP contribution in [0.15, 0.2) is 46.9 Å². The summed E-state index contributed by atoms with van der Waals surface area (Å²) in [6, 6.07) is 13.4. The van der Waals surface area contributed by atoms with Crippen LogP contribution in [-0.4, -0.2) is 7.11 Å². The molecular weight excluding hydrogens is 294 g/mol. The fourth-order valence-corrected chi connectivity index (χ4v) is 2.00. The first-order valence-corrected chi connectivity index (χ1v) is 6.30. The zero-order chi connectivity index (χ0) is 13.0. The van der Waals surface area contributed by atoms with Crippen molar-refractivity contribution < 1.29 is 9.47 Å². The Labute approximate surface area is 115 Å². The van der Waals surface area contributed by atoms with E-state index >= 15 is 0 Å². The first-order chi connectivity index (χ1) is 8.72. The molecule has 2 aromatic carbocycles. The highest BCUT2D eigenvalue weighted by atomic mass is 79.9. The second-order valence-corrected chi connectivity index (χ2v) is 4.61. The molecule has 0 fully saturated rings. The zero-order valence-corrected chi connectivity index (χ0v) is 11.6. The van der Waals surface area contributed by atoms with E-state index < -0.39 is 0 Å². The smallest absolute Gasteiger partial charge is 0.146 e. The van der Waals surface area contributed by atoms with E-state index in [1.54, 1.807) is 13.2 Å². The molecule has 0 heterocycles. The van der Waals surface area contributed by atoms with E-state index in [2.05, 4.69) is 15.9 Å². The fourth-order valence-electron chi connectivity index (χ4n) is 1.60. The Morgan fingerprint density at radius 2 is 1.78 bits per heavy atom. The third kappa shape index (κ3) is 2.76. The maximum absolute atomic E-state index is 5.93. The summed E-state index contributed by atoms with van der Waals surface area (Å²) in [5.41, 5.74) is 7.52. The average Bonchev–Trinajstić information content (AvgIpc) is 2.39. The van der Waals surface area contributed by atoms with Crippen LogP contribution in [0.3, 0.4) is 0 Å². The molecule has 4 heteroatoms. The maximum atomic E-state index is 5.93. The number of benzene rings is 2. The van der Waals surface area contributed by atoms with Crippen molar-refractivity contribution in [3.63, 3.8) is 0 Å². The highest BCUT2D eigenvalue weighted by Gasteiger charge is 2.07. The summed E-state index contributed by atoms with van der Waals surface area (Å²) >= 11 is 3.48. The predicted octanol–water partition coefficient (Wildman–Crippen LogP) is 3.62. The lowest BCUT2D eigenvalue weighted by Crippen LogP contribution is -2.00. The lowest BCUT2D eigenvalue weighted by atomic mass is 10.2. The van der Waals surface area contributed by atoms with Gasteiger partial charge in [0.1, 0.15) is 23.8 Å². The lowest BCUT2D eigenvalue weighted by molar-refractivity contribution is 0.305. The molecule has 2 rings (SSSR count).